The second-order valence-corrected chi connectivity index (χ2v) is 6.98. The lowest BCUT2D eigenvalue weighted by Crippen LogP contribution is -2.37. The smallest absolute Gasteiger partial charge is 0.255 e. The Morgan fingerprint density at radius 1 is 1.14 bits per heavy atom. The van der Waals surface area contributed by atoms with Crippen LogP contribution in [0.4, 0.5) is 5.82 Å². The molecule has 1 atom stereocenters. The molecule has 150 valence electrons. The summed E-state index contributed by atoms with van der Waals surface area (Å²) in [5.41, 5.74) is 2.58. The number of hydrogen-bond acceptors (Lipinski definition) is 5. The van der Waals surface area contributed by atoms with E-state index in [0.717, 1.165) is 30.0 Å². The van der Waals surface area contributed by atoms with Crippen LogP contribution in [-0.2, 0) is 0 Å². The summed E-state index contributed by atoms with van der Waals surface area (Å²) in [4.78, 5) is 14.9. The molecule has 1 aliphatic heterocycles. The molecule has 7 heteroatoms. The molecule has 0 spiro atoms. The lowest BCUT2D eigenvalue weighted by Gasteiger charge is -2.17. The van der Waals surface area contributed by atoms with Gasteiger partial charge in [0.1, 0.15) is 11.5 Å². The Morgan fingerprint density at radius 2 is 1.97 bits per heavy atom. The summed E-state index contributed by atoms with van der Waals surface area (Å²) in [5, 5.41) is 10.7. The lowest BCUT2D eigenvalue weighted by molar-refractivity contribution is 0.0937. The van der Waals surface area contributed by atoms with E-state index >= 15 is 0 Å². The summed E-state index contributed by atoms with van der Waals surface area (Å²) in [6, 6.07) is 17.4. The molecule has 7 nitrogen and oxygen atoms in total. The van der Waals surface area contributed by atoms with Crippen molar-refractivity contribution in [3.63, 3.8) is 0 Å². The van der Waals surface area contributed by atoms with Crippen molar-refractivity contribution in [2.75, 3.05) is 32.2 Å². The number of carbonyl (C=O) groups excluding carboxylic acids is 1. The largest absolute Gasteiger partial charge is 0.497 e. The monoisotopic (exact) mass is 392 g/mol. The highest BCUT2D eigenvalue weighted by Gasteiger charge is 2.27. The van der Waals surface area contributed by atoms with Crippen LogP contribution in [0.25, 0.3) is 11.3 Å². The zero-order valence-electron chi connectivity index (χ0n) is 16.5. The van der Waals surface area contributed by atoms with Crippen molar-refractivity contribution in [2.24, 2.45) is 0 Å². The number of anilines is 1. The van der Waals surface area contributed by atoms with Gasteiger partial charge in [-0.1, -0.05) is 30.3 Å². The van der Waals surface area contributed by atoms with Crippen LogP contribution in [0.15, 0.2) is 54.6 Å². The quantitative estimate of drug-likeness (QED) is 0.674. The topological polar surface area (TPSA) is 79.5 Å². The molecule has 3 aromatic rings. The number of rotatable bonds is 6. The molecule has 2 N–H and O–H groups in total. The highest BCUT2D eigenvalue weighted by Crippen LogP contribution is 2.26. The second-order valence-electron chi connectivity index (χ2n) is 6.98. The van der Waals surface area contributed by atoms with Crippen molar-refractivity contribution >= 4 is 11.7 Å². The molecule has 0 radical (unpaired) electrons. The van der Waals surface area contributed by atoms with Crippen LogP contribution in [0.1, 0.15) is 16.8 Å². The summed E-state index contributed by atoms with van der Waals surface area (Å²) < 4.78 is 10.5. The number of amides is 1. The number of hydrogen-bond donors (Lipinski definition) is 2. The van der Waals surface area contributed by atoms with E-state index in [4.69, 9.17) is 9.47 Å². The van der Waals surface area contributed by atoms with Crippen molar-refractivity contribution in [3.05, 3.63) is 60.2 Å². The number of ether oxygens (including phenoxy) is 2. The first-order valence-corrected chi connectivity index (χ1v) is 9.56. The van der Waals surface area contributed by atoms with Crippen LogP contribution in [0.2, 0.25) is 0 Å². The molecule has 1 fully saturated rings. The van der Waals surface area contributed by atoms with Gasteiger partial charge in [-0.2, -0.15) is 5.10 Å². The van der Waals surface area contributed by atoms with Gasteiger partial charge in [0, 0.05) is 31.3 Å². The van der Waals surface area contributed by atoms with E-state index in [9.17, 15) is 4.79 Å². The van der Waals surface area contributed by atoms with Crippen molar-refractivity contribution < 1.29 is 14.3 Å². The van der Waals surface area contributed by atoms with Gasteiger partial charge in [0.25, 0.3) is 5.91 Å². The maximum Gasteiger partial charge on any atom is 0.255 e. The minimum absolute atomic E-state index is 0.0474. The van der Waals surface area contributed by atoms with E-state index in [2.05, 4.69) is 20.4 Å². The normalized spacial score (nSPS) is 15.9. The number of aromatic amines is 1. The van der Waals surface area contributed by atoms with Crippen LogP contribution in [0, 0.1) is 0 Å². The maximum atomic E-state index is 12.7. The molecular formula is C22H24N4O3. The third-order valence-corrected chi connectivity index (χ3v) is 5.15. The van der Waals surface area contributed by atoms with Crippen molar-refractivity contribution in [1.82, 2.24) is 15.5 Å². The SMILES string of the molecule is COc1ccc(C(=O)NC2CCN(c3cc(-c4ccccc4)[nH]n3)C2)c(OC)c1. The number of benzene rings is 2. The standard InChI is InChI=1S/C22H24N4O3/c1-28-17-8-9-18(20(12-17)29-2)22(27)23-16-10-11-26(14-16)21-13-19(24-25-21)15-6-4-3-5-7-15/h3-9,12-13,16H,10-11,14H2,1-2H3,(H,23,27)(H,24,25). The number of H-pyrrole nitrogens is 1. The van der Waals surface area contributed by atoms with Crippen molar-refractivity contribution in [2.45, 2.75) is 12.5 Å². The number of nitrogens with zero attached hydrogens (tertiary/aromatic N) is 2. The highest BCUT2D eigenvalue weighted by atomic mass is 16.5. The lowest BCUT2D eigenvalue weighted by atomic mass is 10.1. The summed E-state index contributed by atoms with van der Waals surface area (Å²) in [5.74, 6) is 1.89. The van der Waals surface area contributed by atoms with Gasteiger partial charge in [-0.25, -0.2) is 0 Å². The van der Waals surface area contributed by atoms with E-state index in [1.165, 1.54) is 0 Å². The van der Waals surface area contributed by atoms with Gasteiger partial charge in [0.2, 0.25) is 0 Å². The molecule has 0 aliphatic carbocycles. The van der Waals surface area contributed by atoms with Crippen molar-refractivity contribution in [1.29, 1.82) is 0 Å². The average molecular weight is 392 g/mol. The molecule has 4 rings (SSSR count). The van der Waals surface area contributed by atoms with E-state index in [0.29, 0.717) is 23.6 Å². The van der Waals surface area contributed by atoms with Crippen LogP contribution in [-0.4, -0.2) is 49.5 Å². The summed E-state index contributed by atoms with van der Waals surface area (Å²) in [7, 11) is 3.13. The number of methoxy groups -OCH3 is 2. The fourth-order valence-corrected chi connectivity index (χ4v) is 3.57. The van der Waals surface area contributed by atoms with Gasteiger partial charge >= 0.3 is 0 Å². The maximum absolute atomic E-state index is 12.7. The Kier molecular flexibility index (Phi) is 5.37. The van der Waals surface area contributed by atoms with Crippen LogP contribution >= 0.6 is 0 Å². The first-order chi connectivity index (χ1) is 14.2. The van der Waals surface area contributed by atoms with Crippen LogP contribution < -0.4 is 19.7 Å². The van der Waals surface area contributed by atoms with Gasteiger partial charge in [-0.15, -0.1) is 0 Å². The number of carbonyl (C=O) groups is 1. The minimum Gasteiger partial charge on any atom is -0.497 e. The van der Waals surface area contributed by atoms with E-state index in [-0.39, 0.29) is 11.9 Å². The molecule has 1 aliphatic rings. The van der Waals surface area contributed by atoms with Gasteiger partial charge < -0.3 is 19.7 Å². The fourth-order valence-electron chi connectivity index (χ4n) is 3.57. The summed E-state index contributed by atoms with van der Waals surface area (Å²) >= 11 is 0. The van der Waals surface area contributed by atoms with E-state index < -0.39 is 0 Å². The number of nitrogens with one attached hydrogen (secondary N) is 2. The third kappa shape index (κ3) is 4.03. The first kappa shape index (κ1) is 18.9. The molecule has 1 unspecified atom stereocenters. The Morgan fingerprint density at radius 3 is 2.72 bits per heavy atom. The van der Waals surface area contributed by atoms with Crippen LogP contribution in [0.3, 0.4) is 0 Å². The van der Waals surface area contributed by atoms with Gasteiger partial charge in [-0.3, -0.25) is 9.89 Å². The third-order valence-electron chi connectivity index (χ3n) is 5.15. The summed E-state index contributed by atoms with van der Waals surface area (Å²) in [6.07, 6.45) is 0.859. The Balaban J connectivity index is 1.41. The summed E-state index contributed by atoms with van der Waals surface area (Å²) in [6.45, 7) is 1.55. The molecule has 2 aromatic carbocycles. The zero-order valence-corrected chi connectivity index (χ0v) is 16.5. The molecular weight excluding hydrogens is 368 g/mol. The minimum atomic E-state index is -0.150. The molecule has 29 heavy (non-hydrogen) atoms. The van der Waals surface area contributed by atoms with Crippen LogP contribution in [0.5, 0.6) is 11.5 Å². The predicted molar refractivity (Wildman–Crippen MR) is 112 cm³/mol. The molecule has 0 saturated carbocycles. The zero-order chi connectivity index (χ0) is 20.2. The first-order valence-electron chi connectivity index (χ1n) is 9.56. The number of aromatic nitrogens is 2. The van der Waals surface area contributed by atoms with Gasteiger partial charge in [0.15, 0.2) is 5.82 Å². The Labute approximate surface area is 169 Å². The molecule has 0 bridgehead atoms. The van der Waals surface area contributed by atoms with E-state index in [1.54, 1.807) is 32.4 Å². The van der Waals surface area contributed by atoms with Gasteiger partial charge in [-0.05, 0) is 24.1 Å². The Bertz CT molecular complexity index is 987. The van der Waals surface area contributed by atoms with E-state index in [1.807, 2.05) is 36.4 Å². The predicted octanol–water partition coefficient (Wildman–Crippen LogP) is 3.10. The average Bonchev–Trinajstić information content (AvgIpc) is 3.43. The molecule has 1 aromatic heterocycles. The molecule has 1 amide bonds. The highest BCUT2D eigenvalue weighted by molar-refractivity contribution is 5.97. The molecule has 1 saturated heterocycles. The molecule has 2 heterocycles. The van der Waals surface area contributed by atoms with Crippen molar-refractivity contribution in [3.8, 4) is 22.8 Å². The Hall–Kier alpha value is -3.48. The fraction of sp³-hybridized carbons (Fsp3) is 0.273. The van der Waals surface area contributed by atoms with Gasteiger partial charge in [0.05, 0.1) is 25.5 Å². The second kappa shape index (κ2) is 8.26.